The minimum atomic E-state index is -0.283. The van der Waals surface area contributed by atoms with Crippen molar-refractivity contribution in [1.29, 1.82) is 0 Å². The molecule has 1 saturated heterocycles. The lowest BCUT2D eigenvalue weighted by Gasteiger charge is -2.49. The lowest BCUT2D eigenvalue weighted by Crippen LogP contribution is -2.73. The van der Waals surface area contributed by atoms with Crippen LogP contribution in [0.2, 0.25) is 0 Å². The summed E-state index contributed by atoms with van der Waals surface area (Å²) in [5.74, 6) is 0.635. The van der Waals surface area contributed by atoms with E-state index in [4.69, 9.17) is 0 Å². The molecule has 0 bridgehead atoms. The summed E-state index contributed by atoms with van der Waals surface area (Å²) in [4.78, 5) is 15.2. The number of anilines is 1. The average Bonchev–Trinajstić information content (AvgIpc) is 2.82. The van der Waals surface area contributed by atoms with Crippen LogP contribution in [0.4, 0.5) is 10.5 Å². The molecular formula is C26H45N7O. The molecule has 2 aliphatic heterocycles. The van der Waals surface area contributed by atoms with Crippen LogP contribution in [0.15, 0.2) is 18.2 Å². The van der Waals surface area contributed by atoms with E-state index < -0.39 is 0 Å². The number of hydrogen-bond acceptors (Lipinski definition) is 6. The molecule has 0 spiro atoms. The van der Waals surface area contributed by atoms with Crippen LogP contribution in [0.1, 0.15) is 63.0 Å². The number of nitrogens with zero attached hydrogens (tertiary/aromatic N) is 1. The summed E-state index contributed by atoms with van der Waals surface area (Å²) >= 11 is 0. The van der Waals surface area contributed by atoms with Gasteiger partial charge in [-0.3, -0.25) is 10.6 Å². The van der Waals surface area contributed by atoms with Gasteiger partial charge in [-0.2, -0.15) is 0 Å². The first-order valence-corrected chi connectivity index (χ1v) is 13.2. The topological polar surface area (TPSA) is 92.5 Å². The zero-order chi connectivity index (χ0) is 24.0. The Kier molecular flexibility index (Phi) is 8.82. The fourth-order valence-corrected chi connectivity index (χ4v) is 5.87. The normalized spacial score (nSPS) is 27.9. The molecule has 6 N–H and O–H groups in total. The Morgan fingerprint density at radius 3 is 2.79 bits per heavy atom. The van der Waals surface area contributed by atoms with Crippen molar-refractivity contribution < 1.29 is 4.79 Å². The van der Waals surface area contributed by atoms with Crippen LogP contribution in [0.25, 0.3) is 0 Å². The van der Waals surface area contributed by atoms with Crippen molar-refractivity contribution >= 4 is 11.7 Å². The van der Waals surface area contributed by atoms with E-state index in [9.17, 15) is 4.79 Å². The Morgan fingerprint density at radius 2 is 2.00 bits per heavy atom. The van der Waals surface area contributed by atoms with Crippen molar-refractivity contribution in [2.45, 2.75) is 82.8 Å². The molecule has 3 atom stereocenters. The van der Waals surface area contributed by atoms with Gasteiger partial charge in [0.15, 0.2) is 0 Å². The summed E-state index contributed by atoms with van der Waals surface area (Å²) in [5, 5.41) is 20.6. The van der Waals surface area contributed by atoms with Gasteiger partial charge in [0, 0.05) is 17.8 Å². The maximum atomic E-state index is 12.9. The lowest BCUT2D eigenvalue weighted by atomic mass is 9.72. The number of carbonyl (C=O) groups is 1. The van der Waals surface area contributed by atoms with E-state index in [0.29, 0.717) is 5.92 Å². The molecular weight excluding hydrogens is 426 g/mol. The maximum Gasteiger partial charge on any atom is 0.321 e. The maximum absolute atomic E-state index is 12.9. The highest BCUT2D eigenvalue weighted by Gasteiger charge is 2.42. The van der Waals surface area contributed by atoms with Gasteiger partial charge in [-0.05, 0) is 102 Å². The molecule has 0 aromatic heterocycles. The summed E-state index contributed by atoms with van der Waals surface area (Å²) in [6.07, 6.45) is 9.48. The molecule has 1 aromatic carbocycles. The van der Waals surface area contributed by atoms with E-state index in [1.54, 1.807) is 0 Å². The van der Waals surface area contributed by atoms with E-state index in [-0.39, 0.29) is 24.0 Å². The molecule has 2 amide bonds. The van der Waals surface area contributed by atoms with Gasteiger partial charge in [0.1, 0.15) is 6.29 Å². The monoisotopic (exact) mass is 471 g/mol. The number of amides is 2. The minimum Gasteiger partial charge on any atom is -0.312 e. The third kappa shape index (κ3) is 6.92. The molecule has 2 fully saturated rings. The first-order chi connectivity index (χ1) is 16.4. The largest absolute Gasteiger partial charge is 0.321 e. The highest BCUT2D eigenvalue weighted by atomic mass is 16.2. The Hall–Kier alpha value is -1.71. The zero-order valence-corrected chi connectivity index (χ0v) is 21.3. The number of carbonyl (C=O) groups excluding carboxylic acids is 1. The van der Waals surface area contributed by atoms with Crippen molar-refractivity contribution in [3.05, 3.63) is 29.3 Å². The Bertz CT molecular complexity index is 810. The van der Waals surface area contributed by atoms with Crippen molar-refractivity contribution in [2.24, 2.45) is 5.92 Å². The van der Waals surface area contributed by atoms with E-state index in [1.807, 2.05) is 6.07 Å². The van der Waals surface area contributed by atoms with Crippen LogP contribution < -0.4 is 31.9 Å². The second-order valence-corrected chi connectivity index (χ2v) is 10.9. The Morgan fingerprint density at radius 1 is 1.18 bits per heavy atom. The highest BCUT2D eigenvalue weighted by Crippen LogP contribution is 2.36. The second kappa shape index (κ2) is 11.8. The number of benzene rings is 1. The summed E-state index contributed by atoms with van der Waals surface area (Å²) in [6.45, 7) is 6.27. The van der Waals surface area contributed by atoms with Gasteiger partial charge >= 0.3 is 6.03 Å². The van der Waals surface area contributed by atoms with Crippen LogP contribution in [0, 0.1) is 5.92 Å². The van der Waals surface area contributed by atoms with Gasteiger partial charge in [-0.1, -0.05) is 25.3 Å². The van der Waals surface area contributed by atoms with Gasteiger partial charge in [0.2, 0.25) is 0 Å². The van der Waals surface area contributed by atoms with Gasteiger partial charge in [-0.25, -0.2) is 4.79 Å². The highest BCUT2D eigenvalue weighted by molar-refractivity contribution is 5.89. The molecule has 8 nitrogen and oxygen atoms in total. The minimum absolute atomic E-state index is 0.0123. The smallest absolute Gasteiger partial charge is 0.312 e. The molecule has 8 heteroatoms. The first-order valence-electron chi connectivity index (χ1n) is 13.2. The second-order valence-electron chi connectivity index (χ2n) is 10.9. The zero-order valence-electron chi connectivity index (χ0n) is 21.3. The van der Waals surface area contributed by atoms with E-state index in [0.717, 1.165) is 51.1 Å². The van der Waals surface area contributed by atoms with Gasteiger partial charge in [0.25, 0.3) is 0 Å². The average molecular weight is 472 g/mol. The van der Waals surface area contributed by atoms with E-state index in [1.165, 1.54) is 43.2 Å². The van der Waals surface area contributed by atoms with Gasteiger partial charge in [0.05, 0.1) is 6.17 Å². The first kappa shape index (κ1) is 25.4. The molecule has 1 aliphatic carbocycles. The van der Waals surface area contributed by atoms with Crippen molar-refractivity contribution in [3.63, 3.8) is 0 Å². The molecule has 2 heterocycles. The van der Waals surface area contributed by atoms with Crippen LogP contribution in [-0.4, -0.2) is 62.7 Å². The van der Waals surface area contributed by atoms with Crippen molar-refractivity contribution in [3.8, 4) is 0 Å². The van der Waals surface area contributed by atoms with Crippen LogP contribution >= 0.6 is 0 Å². The number of fused-ring (bicyclic) bond motifs is 1. The number of hydrogen-bond donors (Lipinski definition) is 6. The molecule has 1 aromatic rings. The quantitative estimate of drug-likeness (QED) is 0.327. The Labute approximate surface area is 205 Å². The van der Waals surface area contributed by atoms with Crippen LogP contribution in [0.3, 0.4) is 0 Å². The van der Waals surface area contributed by atoms with E-state index in [2.05, 4.69) is 70.0 Å². The number of rotatable bonds is 8. The summed E-state index contributed by atoms with van der Waals surface area (Å²) in [7, 11) is 4.22. The number of urea groups is 1. The molecule has 1 saturated carbocycles. The number of nitrogens with one attached hydrogen (secondary N) is 6. The standard InChI is InChI=1S/C26H45N7O/c1-26(21-8-5-4-6-9-21)17-23(28-13-7-15-33(2)3)30-24(32-26)31-25(34)29-22-11-10-20-18-27-14-12-19(20)16-22/h10-11,16,21,23-24,27-28,30,32H,4-9,12-15,17-18H2,1-3H3,(H2,29,31,34). The van der Waals surface area contributed by atoms with E-state index >= 15 is 0 Å². The molecule has 0 radical (unpaired) electrons. The van der Waals surface area contributed by atoms with Gasteiger partial charge in [-0.15, -0.1) is 0 Å². The van der Waals surface area contributed by atoms with Gasteiger partial charge < -0.3 is 26.2 Å². The fraction of sp³-hybridized carbons (Fsp3) is 0.731. The summed E-state index contributed by atoms with van der Waals surface area (Å²) < 4.78 is 0. The van der Waals surface area contributed by atoms with Crippen LogP contribution in [0.5, 0.6) is 0 Å². The third-order valence-corrected chi connectivity index (χ3v) is 7.78. The molecule has 190 valence electrons. The third-order valence-electron chi connectivity index (χ3n) is 7.78. The van der Waals surface area contributed by atoms with Crippen LogP contribution in [-0.2, 0) is 13.0 Å². The molecule has 34 heavy (non-hydrogen) atoms. The summed E-state index contributed by atoms with van der Waals surface area (Å²) in [5.41, 5.74) is 3.47. The Balaban J connectivity index is 1.37. The molecule has 3 unspecified atom stereocenters. The van der Waals surface area contributed by atoms with Crippen molar-refractivity contribution in [1.82, 2.24) is 31.5 Å². The lowest BCUT2D eigenvalue weighted by molar-refractivity contribution is 0.0694. The summed E-state index contributed by atoms with van der Waals surface area (Å²) in [6, 6.07) is 6.04. The fourth-order valence-electron chi connectivity index (χ4n) is 5.87. The molecule has 4 rings (SSSR count). The van der Waals surface area contributed by atoms with Crippen molar-refractivity contribution in [2.75, 3.05) is 39.0 Å². The molecule has 3 aliphatic rings. The SMILES string of the molecule is CN(C)CCCNC1CC(C)(C2CCCCC2)NC(NC(=O)Nc2ccc3c(c2)CCNC3)N1. The predicted molar refractivity (Wildman–Crippen MR) is 139 cm³/mol. The predicted octanol–water partition coefficient (Wildman–Crippen LogP) is 2.53.